The number of carbonyl (C=O) groups is 2. The molecule has 0 atom stereocenters. The highest BCUT2D eigenvalue weighted by Crippen LogP contribution is 2.37. The van der Waals surface area contributed by atoms with E-state index < -0.39 is 22.0 Å². The van der Waals surface area contributed by atoms with E-state index in [2.05, 4.69) is 5.32 Å². The molecule has 0 unspecified atom stereocenters. The molecule has 1 N–H and O–H groups in total. The van der Waals surface area contributed by atoms with E-state index in [0.717, 1.165) is 15.4 Å². The summed E-state index contributed by atoms with van der Waals surface area (Å²) in [5.74, 6) is -0.170. The van der Waals surface area contributed by atoms with Gasteiger partial charge in [-0.25, -0.2) is 13.2 Å². The second-order valence-electron chi connectivity index (χ2n) is 8.26. The molecule has 0 aromatic heterocycles. The number of fused-ring (bicyclic) bond motifs is 1. The molecule has 0 saturated heterocycles. The second-order valence-corrected chi connectivity index (χ2v) is 10.4. The molecule has 1 aliphatic heterocycles. The van der Waals surface area contributed by atoms with E-state index in [1.165, 1.54) is 17.0 Å². The van der Waals surface area contributed by atoms with Gasteiger partial charge in [-0.05, 0) is 53.4 Å². The zero-order valence-corrected chi connectivity index (χ0v) is 20.3. The molecule has 7 nitrogen and oxygen atoms in total. The fraction of sp³-hybridized carbons (Fsp3) is 0.200. The average molecular weight is 498 g/mol. The Morgan fingerprint density at radius 2 is 1.62 bits per heavy atom. The van der Waals surface area contributed by atoms with Crippen LogP contribution in [-0.4, -0.2) is 26.9 Å². The van der Waals surface area contributed by atoms with Crippen LogP contribution in [0.3, 0.4) is 0 Å². The molecule has 0 fully saturated rings. The Labute approximate surface area is 204 Å². The van der Waals surface area contributed by atoms with Gasteiger partial charge < -0.3 is 5.32 Å². The minimum atomic E-state index is -4.15. The van der Waals surface area contributed by atoms with Gasteiger partial charge in [0.05, 0.1) is 11.4 Å². The third kappa shape index (κ3) is 4.64. The summed E-state index contributed by atoms with van der Waals surface area (Å²) < 4.78 is 27.5. The number of hydrogen-bond acceptors (Lipinski definition) is 4. The summed E-state index contributed by atoms with van der Waals surface area (Å²) in [6.45, 7) is 3.97. The monoisotopic (exact) mass is 497 g/mol. The van der Waals surface area contributed by atoms with E-state index in [1.807, 2.05) is 13.8 Å². The van der Waals surface area contributed by atoms with E-state index >= 15 is 0 Å². The van der Waals surface area contributed by atoms with Crippen molar-refractivity contribution >= 4 is 44.9 Å². The Hall–Kier alpha value is -3.36. The van der Waals surface area contributed by atoms with Gasteiger partial charge in [-0.1, -0.05) is 61.8 Å². The zero-order chi connectivity index (χ0) is 24.5. The van der Waals surface area contributed by atoms with Gasteiger partial charge in [0, 0.05) is 11.6 Å². The number of halogens is 1. The Kier molecular flexibility index (Phi) is 6.63. The fourth-order valence-corrected chi connectivity index (χ4v) is 5.43. The smallest absolute Gasteiger partial charge is 0.343 e. The van der Waals surface area contributed by atoms with Crippen LogP contribution in [0, 0.1) is 0 Å². The SMILES string of the molecule is CC(C)c1ccc(N2C(=O)N(CC(=O)NCc3ccc(Cl)cc3)c3ccccc3S2(=O)=O)cc1. The van der Waals surface area contributed by atoms with Crippen LogP contribution in [0.25, 0.3) is 0 Å². The molecule has 3 aromatic carbocycles. The first-order valence-electron chi connectivity index (χ1n) is 10.8. The van der Waals surface area contributed by atoms with Crippen LogP contribution in [0.5, 0.6) is 0 Å². The number of anilines is 2. The third-order valence-corrected chi connectivity index (χ3v) is 7.58. The normalized spacial score (nSPS) is 14.8. The van der Waals surface area contributed by atoms with Crippen molar-refractivity contribution in [3.63, 3.8) is 0 Å². The number of amides is 3. The number of nitrogens with one attached hydrogen (secondary N) is 1. The molecular formula is C25H24ClN3O4S. The van der Waals surface area contributed by atoms with Gasteiger partial charge in [0.2, 0.25) is 5.91 Å². The van der Waals surface area contributed by atoms with Crippen molar-refractivity contribution in [2.75, 3.05) is 15.7 Å². The number of hydrogen-bond donors (Lipinski definition) is 1. The number of benzene rings is 3. The maximum Gasteiger partial charge on any atom is 0.343 e. The van der Waals surface area contributed by atoms with Crippen molar-refractivity contribution in [1.29, 1.82) is 0 Å². The van der Waals surface area contributed by atoms with Crippen LogP contribution in [0.4, 0.5) is 16.2 Å². The number of carbonyl (C=O) groups excluding carboxylic acids is 2. The van der Waals surface area contributed by atoms with Crippen LogP contribution in [0.15, 0.2) is 77.7 Å². The molecule has 0 saturated carbocycles. The Bertz CT molecular complexity index is 1320. The largest absolute Gasteiger partial charge is 0.350 e. The summed E-state index contributed by atoms with van der Waals surface area (Å²) in [5.41, 5.74) is 2.25. The van der Waals surface area contributed by atoms with Crippen molar-refractivity contribution in [2.24, 2.45) is 0 Å². The molecule has 3 amide bonds. The summed E-state index contributed by atoms with van der Waals surface area (Å²) >= 11 is 5.89. The van der Waals surface area contributed by atoms with E-state index in [9.17, 15) is 18.0 Å². The van der Waals surface area contributed by atoms with Gasteiger partial charge in [-0.15, -0.1) is 0 Å². The van der Waals surface area contributed by atoms with Gasteiger partial charge >= 0.3 is 6.03 Å². The minimum Gasteiger partial charge on any atom is -0.350 e. The predicted octanol–water partition coefficient (Wildman–Crippen LogP) is 4.92. The Morgan fingerprint density at radius 1 is 0.971 bits per heavy atom. The topological polar surface area (TPSA) is 86.8 Å². The summed E-state index contributed by atoms with van der Waals surface area (Å²) in [5, 5.41) is 3.36. The summed E-state index contributed by atoms with van der Waals surface area (Å²) in [4.78, 5) is 27.3. The maximum atomic E-state index is 13.4. The second kappa shape index (κ2) is 9.48. The summed E-state index contributed by atoms with van der Waals surface area (Å²) in [7, 11) is -4.15. The van der Waals surface area contributed by atoms with Crippen LogP contribution in [-0.2, 0) is 21.4 Å². The highest BCUT2D eigenvalue weighted by Gasteiger charge is 2.43. The lowest BCUT2D eigenvalue weighted by Gasteiger charge is -2.35. The van der Waals surface area contributed by atoms with Crippen LogP contribution in [0.1, 0.15) is 30.9 Å². The number of sulfonamides is 1. The van der Waals surface area contributed by atoms with Crippen molar-refractivity contribution in [1.82, 2.24) is 5.32 Å². The van der Waals surface area contributed by atoms with Gasteiger partial charge in [-0.3, -0.25) is 9.69 Å². The molecule has 9 heteroatoms. The fourth-order valence-electron chi connectivity index (χ4n) is 3.71. The molecule has 4 rings (SSSR count). The van der Waals surface area contributed by atoms with Gasteiger partial charge in [0.1, 0.15) is 11.4 Å². The molecule has 1 aliphatic rings. The summed E-state index contributed by atoms with van der Waals surface area (Å²) in [6, 6.07) is 19.2. The molecule has 0 aliphatic carbocycles. The van der Waals surface area contributed by atoms with Crippen LogP contribution < -0.4 is 14.5 Å². The first-order chi connectivity index (χ1) is 16.2. The number of rotatable bonds is 6. The molecule has 0 radical (unpaired) electrons. The standard InChI is InChI=1S/C25H24ClN3O4S/c1-17(2)19-9-13-21(14-10-19)29-25(31)28(22-5-3-4-6-23(22)34(29,32)33)16-24(30)27-15-18-7-11-20(26)12-8-18/h3-14,17H,15-16H2,1-2H3,(H,27,30). The van der Waals surface area contributed by atoms with Gasteiger partial charge in [0.15, 0.2) is 0 Å². The van der Waals surface area contributed by atoms with Crippen molar-refractivity contribution < 1.29 is 18.0 Å². The van der Waals surface area contributed by atoms with Crippen LogP contribution in [0.2, 0.25) is 5.02 Å². The maximum absolute atomic E-state index is 13.4. The first-order valence-corrected chi connectivity index (χ1v) is 12.6. The Morgan fingerprint density at radius 3 is 2.26 bits per heavy atom. The molecule has 0 spiro atoms. The molecule has 3 aromatic rings. The highest BCUT2D eigenvalue weighted by atomic mass is 35.5. The predicted molar refractivity (Wildman–Crippen MR) is 133 cm³/mol. The lowest BCUT2D eigenvalue weighted by molar-refractivity contribution is -0.119. The number of urea groups is 1. The van der Waals surface area contributed by atoms with Crippen molar-refractivity contribution in [3.05, 3.63) is 88.9 Å². The average Bonchev–Trinajstić information content (AvgIpc) is 2.82. The lowest BCUT2D eigenvalue weighted by atomic mass is 10.0. The first kappa shape index (κ1) is 23.8. The highest BCUT2D eigenvalue weighted by molar-refractivity contribution is 7.94. The summed E-state index contributed by atoms with van der Waals surface area (Å²) in [6.07, 6.45) is 0. The molecule has 0 bridgehead atoms. The number of para-hydroxylation sites is 1. The molecule has 176 valence electrons. The van der Waals surface area contributed by atoms with E-state index in [-0.39, 0.29) is 35.3 Å². The quantitative estimate of drug-likeness (QED) is 0.524. The zero-order valence-electron chi connectivity index (χ0n) is 18.7. The van der Waals surface area contributed by atoms with Gasteiger partial charge in [-0.2, -0.15) is 4.31 Å². The lowest BCUT2D eigenvalue weighted by Crippen LogP contribution is -2.53. The third-order valence-electron chi connectivity index (χ3n) is 5.58. The molecule has 34 heavy (non-hydrogen) atoms. The molecular weight excluding hydrogens is 474 g/mol. The van der Waals surface area contributed by atoms with Gasteiger partial charge in [0.25, 0.3) is 10.0 Å². The molecule has 1 heterocycles. The van der Waals surface area contributed by atoms with E-state index in [0.29, 0.717) is 5.02 Å². The van der Waals surface area contributed by atoms with Crippen molar-refractivity contribution in [2.45, 2.75) is 31.2 Å². The van der Waals surface area contributed by atoms with Crippen molar-refractivity contribution in [3.8, 4) is 0 Å². The van der Waals surface area contributed by atoms with E-state index in [4.69, 9.17) is 11.6 Å². The Balaban J connectivity index is 1.63. The number of nitrogens with zero attached hydrogens (tertiary/aromatic N) is 2. The van der Waals surface area contributed by atoms with E-state index in [1.54, 1.807) is 60.7 Å². The minimum absolute atomic E-state index is 0.0342. The van der Waals surface area contributed by atoms with Crippen LogP contribution >= 0.6 is 11.6 Å².